The van der Waals surface area contributed by atoms with Crippen molar-refractivity contribution in [3.63, 3.8) is 0 Å². The van der Waals surface area contributed by atoms with E-state index in [-0.39, 0.29) is 17.9 Å². The lowest BCUT2D eigenvalue weighted by atomic mass is 10.1. The van der Waals surface area contributed by atoms with Crippen LogP contribution in [0, 0.1) is 17.2 Å². The van der Waals surface area contributed by atoms with Crippen LogP contribution in [-0.4, -0.2) is 29.9 Å². The monoisotopic (exact) mass is 225 g/mol. The molecule has 1 amide bonds. The van der Waals surface area contributed by atoms with E-state index < -0.39 is 0 Å². The zero-order valence-corrected chi connectivity index (χ0v) is 10.6. The molecule has 0 fully saturated rings. The second kappa shape index (κ2) is 8.12. The number of nitrogens with zero attached hydrogens (tertiary/aromatic N) is 2. The first-order chi connectivity index (χ1) is 7.54. The molecule has 0 saturated heterocycles. The fourth-order valence-corrected chi connectivity index (χ4v) is 1.60. The van der Waals surface area contributed by atoms with Gasteiger partial charge in [-0.2, -0.15) is 5.26 Å². The third kappa shape index (κ3) is 5.72. The zero-order chi connectivity index (χ0) is 12.6. The third-order valence-electron chi connectivity index (χ3n) is 2.55. The quantitative estimate of drug-likeness (QED) is 0.714. The first kappa shape index (κ1) is 14.9. The lowest BCUT2D eigenvalue weighted by molar-refractivity contribution is -0.131. The minimum atomic E-state index is -0.119. The minimum Gasteiger partial charge on any atom is -0.342 e. The predicted molar refractivity (Wildman–Crippen MR) is 64.5 cm³/mol. The van der Waals surface area contributed by atoms with Gasteiger partial charge in [0.1, 0.15) is 0 Å². The van der Waals surface area contributed by atoms with Crippen LogP contribution >= 0.6 is 0 Å². The third-order valence-corrected chi connectivity index (χ3v) is 2.55. The maximum atomic E-state index is 11.8. The molecule has 0 rings (SSSR count). The van der Waals surface area contributed by atoms with E-state index in [4.69, 9.17) is 11.0 Å². The molecule has 0 bridgehead atoms. The maximum absolute atomic E-state index is 11.8. The Kier molecular flexibility index (Phi) is 7.57. The fraction of sp³-hybridized carbons (Fsp3) is 0.833. The number of nitrogens with two attached hydrogens (primary N) is 1. The van der Waals surface area contributed by atoms with Gasteiger partial charge >= 0.3 is 0 Å². The van der Waals surface area contributed by atoms with Gasteiger partial charge in [0, 0.05) is 25.6 Å². The van der Waals surface area contributed by atoms with Crippen LogP contribution in [-0.2, 0) is 4.79 Å². The Labute approximate surface area is 98.4 Å². The van der Waals surface area contributed by atoms with Crippen LogP contribution < -0.4 is 5.73 Å². The van der Waals surface area contributed by atoms with Gasteiger partial charge in [0.25, 0.3) is 0 Å². The summed E-state index contributed by atoms with van der Waals surface area (Å²) in [4.78, 5) is 13.6. The standard InChI is InChI=1S/C12H23N3O/c1-4-6-11(14)7-12(16)15(5-2)9-10(3)8-13/h10-11H,4-7,9,14H2,1-3H3. The molecular weight excluding hydrogens is 202 g/mol. The summed E-state index contributed by atoms with van der Waals surface area (Å²) >= 11 is 0. The number of hydrogen-bond acceptors (Lipinski definition) is 3. The number of amides is 1. The molecule has 0 saturated carbocycles. The average Bonchev–Trinajstić information content (AvgIpc) is 2.25. The van der Waals surface area contributed by atoms with Gasteiger partial charge in [-0.25, -0.2) is 0 Å². The van der Waals surface area contributed by atoms with Gasteiger partial charge in [0.05, 0.1) is 12.0 Å². The summed E-state index contributed by atoms with van der Waals surface area (Å²) in [5, 5.41) is 8.71. The molecule has 2 unspecified atom stereocenters. The van der Waals surface area contributed by atoms with E-state index in [0.29, 0.717) is 19.5 Å². The Balaban J connectivity index is 4.16. The van der Waals surface area contributed by atoms with Crippen molar-refractivity contribution < 1.29 is 4.79 Å². The highest BCUT2D eigenvalue weighted by Gasteiger charge is 2.17. The normalized spacial score (nSPS) is 13.9. The highest BCUT2D eigenvalue weighted by atomic mass is 16.2. The first-order valence-corrected chi connectivity index (χ1v) is 5.98. The van der Waals surface area contributed by atoms with E-state index in [2.05, 4.69) is 13.0 Å². The van der Waals surface area contributed by atoms with Crippen molar-refractivity contribution in [3.8, 4) is 6.07 Å². The summed E-state index contributed by atoms with van der Waals surface area (Å²) in [6, 6.07) is 2.09. The lowest BCUT2D eigenvalue weighted by Crippen LogP contribution is -2.38. The van der Waals surface area contributed by atoms with Gasteiger partial charge < -0.3 is 10.6 Å². The molecule has 0 spiro atoms. The van der Waals surface area contributed by atoms with Gasteiger partial charge in [-0.05, 0) is 20.3 Å². The van der Waals surface area contributed by atoms with Crippen LogP contribution in [0.4, 0.5) is 0 Å². The molecule has 92 valence electrons. The highest BCUT2D eigenvalue weighted by molar-refractivity contribution is 5.76. The van der Waals surface area contributed by atoms with Crippen molar-refractivity contribution in [1.82, 2.24) is 4.90 Å². The Morgan fingerprint density at radius 1 is 1.50 bits per heavy atom. The molecule has 0 aromatic heterocycles. The van der Waals surface area contributed by atoms with E-state index in [1.54, 1.807) is 4.90 Å². The van der Waals surface area contributed by atoms with Crippen LogP contribution in [0.3, 0.4) is 0 Å². The van der Waals surface area contributed by atoms with Crippen LogP contribution in [0.15, 0.2) is 0 Å². The SMILES string of the molecule is CCCC(N)CC(=O)N(CC)CC(C)C#N. The molecule has 2 N–H and O–H groups in total. The molecule has 0 heterocycles. The number of nitriles is 1. The molecule has 16 heavy (non-hydrogen) atoms. The van der Waals surface area contributed by atoms with Gasteiger partial charge in [-0.15, -0.1) is 0 Å². The Morgan fingerprint density at radius 2 is 2.12 bits per heavy atom. The molecule has 0 radical (unpaired) electrons. The molecule has 0 aromatic carbocycles. The summed E-state index contributed by atoms with van der Waals surface area (Å²) in [7, 11) is 0. The van der Waals surface area contributed by atoms with Crippen LogP contribution in [0.2, 0.25) is 0 Å². The number of hydrogen-bond donors (Lipinski definition) is 1. The van der Waals surface area contributed by atoms with E-state index in [1.165, 1.54) is 0 Å². The maximum Gasteiger partial charge on any atom is 0.224 e. The zero-order valence-electron chi connectivity index (χ0n) is 10.6. The molecular formula is C12H23N3O. The van der Waals surface area contributed by atoms with Crippen molar-refractivity contribution in [1.29, 1.82) is 5.26 Å². The van der Waals surface area contributed by atoms with Crippen molar-refractivity contribution in [3.05, 3.63) is 0 Å². The second-order valence-corrected chi connectivity index (χ2v) is 4.22. The van der Waals surface area contributed by atoms with E-state index >= 15 is 0 Å². The fourth-order valence-electron chi connectivity index (χ4n) is 1.60. The minimum absolute atomic E-state index is 0.0519. The van der Waals surface area contributed by atoms with Crippen molar-refractivity contribution in [2.24, 2.45) is 11.7 Å². The summed E-state index contributed by atoms with van der Waals surface area (Å²) in [5.74, 6) is -0.0585. The molecule has 4 heteroatoms. The van der Waals surface area contributed by atoms with E-state index in [0.717, 1.165) is 12.8 Å². The second-order valence-electron chi connectivity index (χ2n) is 4.22. The lowest BCUT2D eigenvalue weighted by Gasteiger charge is -2.23. The van der Waals surface area contributed by atoms with E-state index in [1.807, 2.05) is 13.8 Å². The molecule has 0 aliphatic rings. The predicted octanol–water partition coefficient (Wildman–Crippen LogP) is 1.51. The van der Waals surface area contributed by atoms with Crippen molar-refractivity contribution in [2.75, 3.05) is 13.1 Å². The summed E-state index contributed by atoms with van der Waals surface area (Å²) in [6.07, 6.45) is 2.26. The summed E-state index contributed by atoms with van der Waals surface area (Å²) < 4.78 is 0. The molecule has 0 aliphatic heterocycles. The van der Waals surface area contributed by atoms with Crippen LogP contribution in [0.5, 0.6) is 0 Å². The number of rotatable bonds is 7. The molecule has 0 aliphatic carbocycles. The number of carbonyl (C=O) groups excluding carboxylic acids is 1. The Bertz CT molecular complexity index is 247. The van der Waals surface area contributed by atoms with Crippen LogP contribution in [0.1, 0.15) is 40.0 Å². The number of carbonyl (C=O) groups is 1. The summed E-state index contributed by atoms with van der Waals surface area (Å²) in [6.45, 7) is 6.95. The van der Waals surface area contributed by atoms with Gasteiger partial charge in [-0.1, -0.05) is 13.3 Å². The molecule has 0 aromatic rings. The Morgan fingerprint density at radius 3 is 2.56 bits per heavy atom. The Hall–Kier alpha value is -1.08. The average molecular weight is 225 g/mol. The highest BCUT2D eigenvalue weighted by Crippen LogP contribution is 2.05. The summed E-state index contributed by atoms with van der Waals surface area (Å²) in [5.41, 5.74) is 5.83. The smallest absolute Gasteiger partial charge is 0.224 e. The van der Waals surface area contributed by atoms with Crippen molar-refractivity contribution >= 4 is 5.91 Å². The van der Waals surface area contributed by atoms with Crippen LogP contribution in [0.25, 0.3) is 0 Å². The topological polar surface area (TPSA) is 70.1 Å². The van der Waals surface area contributed by atoms with Gasteiger partial charge in [0.15, 0.2) is 0 Å². The van der Waals surface area contributed by atoms with E-state index in [9.17, 15) is 4.79 Å². The largest absolute Gasteiger partial charge is 0.342 e. The van der Waals surface area contributed by atoms with Crippen molar-refractivity contribution in [2.45, 2.75) is 46.1 Å². The van der Waals surface area contributed by atoms with Gasteiger partial charge in [0.2, 0.25) is 5.91 Å². The first-order valence-electron chi connectivity index (χ1n) is 5.98. The molecule has 4 nitrogen and oxygen atoms in total. The molecule has 2 atom stereocenters. The van der Waals surface area contributed by atoms with Gasteiger partial charge in [-0.3, -0.25) is 4.79 Å².